The molecule has 0 bridgehead atoms. The van der Waals surface area contributed by atoms with Crippen LogP contribution in [0.2, 0.25) is 0 Å². The number of aryl methyl sites for hydroxylation is 1. The third-order valence-electron chi connectivity index (χ3n) is 4.28. The summed E-state index contributed by atoms with van der Waals surface area (Å²) in [5.74, 6) is -1.14. The second-order valence-electron chi connectivity index (χ2n) is 6.07. The number of anilines is 2. The molecule has 0 aliphatic heterocycles. The van der Waals surface area contributed by atoms with Gasteiger partial charge in [-0.3, -0.25) is 9.69 Å². The first-order valence-corrected chi connectivity index (χ1v) is 8.13. The van der Waals surface area contributed by atoms with E-state index < -0.39 is 17.7 Å². The zero-order chi connectivity index (χ0) is 20.5. The van der Waals surface area contributed by atoms with Crippen molar-refractivity contribution in [2.24, 2.45) is 7.05 Å². The van der Waals surface area contributed by atoms with Gasteiger partial charge in [0, 0.05) is 18.8 Å². The number of hydrogen-bond donors (Lipinski definition) is 1. The second kappa shape index (κ2) is 7.22. The highest BCUT2D eigenvalue weighted by Crippen LogP contribution is 2.36. The summed E-state index contributed by atoms with van der Waals surface area (Å²) in [4.78, 5) is 24.3. The number of para-hydroxylation sites is 1. The lowest BCUT2D eigenvalue weighted by Crippen LogP contribution is -2.14. The van der Waals surface area contributed by atoms with Gasteiger partial charge in [-0.15, -0.1) is 0 Å². The number of hydrogen-bond acceptors (Lipinski definition) is 2. The van der Waals surface area contributed by atoms with E-state index in [2.05, 4.69) is 0 Å². The van der Waals surface area contributed by atoms with Gasteiger partial charge in [0.05, 0.1) is 16.9 Å². The van der Waals surface area contributed by atoms with Gasteiger partial charge < -0.3 is 9.67 Å². The molecular weight excluding hydrogens is 373 g/mol. The van der Waals surface area contributed by atoms with Gasteiger partial charge in [0.15, 0.2) is 0 Å². The zero-order valence-corrected chi connectivity index (χ0v) is 14.6. The van der Waals surface area contributed by atoms with Crippen LogP contribution >= 0.6 is 0 Å². The molecule has 0 fully saturated rings. The van der Waals surface area contributed by atoms with Gasteiger partial charge in [-0.25, -0.2) is 4.79 Å². The Morgan fingerprint density at radius 1 is 1.11 bits per heavy atom. The van der Waals surface area contributed by atoms with Crippen molar-refractivity contribution in [3.05, 3.63) is 72.1 Å². The van der Waals surface area contributed by atoms with Gasteiger partial charge in [0.25, 0.3) is 0 Å². The van der Waals surface area contributed by atoms with Gasteiger partial charge in [0.1, 0.15) is 5.69 Å². The van der Waals surface area contributed by atoms with Crippen LogP contribution in [0.4, 0.5) is 24.5 Å². The summed E-state index contributed by atoms with van der Waals surface area (Å²) in [7, 11) is 1.54. The molecular formula is C20H15F3N2O3. The average Bonchev–Trinajstić information content (AvgIpc) is 3.04. The highest BCUT2D eigenvalue weighted by atomic mass is 19.4. The minimum Gasteiger partial charge on any atom is -0.477 e. The molecule has 0 saturated heterocycles. The van der Waals surface area contributed by atoms with E-state index in [1.165, 1.54) is 40.9 Å². The summed E-state index contributed by atoms with van der Waals surface area (Å²) in [6.45, 7) is 0. The van der Waals surface area contributed by atoms with E-state index in [0.717, 1.165) is 12.1 Å². The standard InChI is InChI=1S/C20H15F3N2O3/c1-24-11-15(10-18(24)19(27)28)25(12-26)17-5-3-2-4-16(17)13-6-8-14(9-7-13)20(21,22)23/h2-12H,1H3,(H,27,28). The van der Waals surface area contributed by atoms with E-state index in [4.69, 9.17) is 0 Å². The molecule has 0 radical (unpaired) electrons. The second-order valence-corrected chi connectivity index (χ2v) is 6.07. The van der Waals surface area contributed by atoms with Crippen LogP contribution in [0.1, 0.15) is 16.1 Å². The molecule has 1 aromatic heterocycles. The third kappa shape index (κ3) is 3.62. The van der Waals surface area contributed by atoms with Crippen molar-refractivity contribution in [3.63, 3.8) is 0 Å². The molecule has 28 heavy (non-hydrogen) atoms. The molecule has 5 nitrogen and oxygen atoms in total. The lowest BCUT2D eigenvalue weighted by molar-refractivity contribution is -0.137. The molecule has 0 unspecified atom stereocenters. The number of carbonyl (C=O) groups excluding carboxylic acids is 1. The smallest absolute Gasteiger partial charge is 0.416 e. The highest BCUT2D eigenvalue weighted by molar-refractivity contribution is 5.96. The quantitative estimate of drug-likeness (QED) is 0.645. The molecule has 0 aliphatic carbocycles. The number of benzene rings is 2. The first kappa shape index (κ1) is 19.2. The van der Waals surface area contributed by atoms with Gasteiger partial charge in [-0.1, -0.05) is 30.3 Å². The maximum absolute atomic E-state index is 12.8. The fourth-order valence-corrected chi connectivity index (χ4v) is 2.91. The van der Waals surface area contributed by atoms with Gasteiger partial charge >= 0.3 is 12.1 Å². The number of carbonyl (C=O) groups is 2. The lowest BCUT2D eigenvalue weighted by Gasteiger charge is -2.20. The topological polar surface area (TPSA) is 62.5 Å². The van der Waals surface area contributed by atoms with Crippen LogP contribution in [-0.2, 0) is 18.0 Å². The van der Waals surface area contributed by atoms with E-state index in [9.17, 15) is 27.9 Å². The molecule has 2 aromatic carbocycles. The summed E-state index contributed by atoms with van der Waals surface area (Å²) in [6.07, 6.45) is -2.42. The fraction of sp³-hybridized carbons (Fsp3) is 0.100. The van der Waals surface area contributed by atoms with Crippen molar-refractivity contribution in [1.29, 1.82) is 0 Å². The maximum Gasteiger partial charge on any atom is 0.416 e. The normalized spacial score (nSPS) is 11.3. The van der Waals surface area contributed by atoms with Gasteiger partial charge in [-0.05, 0) is 29.8 Å². The molecule has 0 atom stereocenters. The number of nitrogens with zero attached hydrogens (tertiary/aromatic N) is 2. The summed E-state index contributed by atoms with van der Waals surface area (Å²) in [6, 6.07) is 12.7. The van der Waals surface area contributed by atoms with Crippen LogP contribution in [0, 0.1) is 0 Å². The number of rotatable bonds is 5. The fourth-order valence-electron chi connectivity index (χ4n) is 2.91. The van der Waals surface area contributed by atoms with Gasteiger partial charge in [-0.2, -0.15) is 13.2 Å². The van der Waals surface area contributed by atoms with Crippen molar-refractivity contribution < 1.29 is 27.9 Å². The Kier molecular flexibility index (Phi) is 4.96. The minimum atomic E-state index is -4.44. The highest BCUT2D eigenvalue weighted by Gasteiger charge is 2.30. The Morgan fingerprint density at radius 3 is 2.29 bits per heavy atom. The first-order valence-electron chi connectivity index (χ1n) is 8.13. The summed E-state index contributed by atoms with van der Waals surface area (Å²) < 4.78 is 39.8. The average molecular weight is 388 g/mol. The van der Waals surface area contributed by atoms with E-state index in [1.807, 2.05) is 0 Å². The van der Waals surface area contributed by atoms with Crippen molar-refractivity contribution >= 4 is 23.8 Å². The van der Waals surface area contributed by atoms with E-state index in [-0.39, 0.29) is 5.69 Å². The zero-order valence-electron chi connectivity index (χ0n) is 14.6. The monoisotopic (exact) mass is 388 g/mol. The molecule has 0 aliphatic rings. The molecule has 3 aromatic rings. The summed E-state index contributed by atoms with van der Waals surface area (Å²) in [5, 5.41) is 9.21. The number of aromatic carboxylic acids is 1. The number of carboxylic acids is 1. The molecule has 3 rings (SSSR count). The van der Waals surface area contributed by atoms with E-state index in [1.54, 1.807) is 24.3 Å². The maximum atomic E-state index is 12.8. The molecule has 144 valence electrons. The number of aromatic nitrogens is 1. The van der Waals surface area contributed by atoms with Crippen LogP contribution in [-0.4, -0.2) is 22.1 Å². The van der Waals surface area contributed by atoms with Crippen molar-refractivity contribution in [2.75, 3.05) is 4.90 Å². The SMILES string of the molecule is Cn1cc(N(C=O)c2ccccc2-c2ccc(C(F)(F)F)cc2)cc1C(=O)O. The summed E-state index contributed by atoms with van der Waals surface area (Å²) in [5.41, 5.74) is 0.993. The molecule has 8 heteroatoms. The Hall–Kier alpha value is -3.55. The molecule has 0 spiro atoms. The Labute approximate surface area is 158 Å². The Morgan fingerprint density at radius 2 is 1.75 bits per heavy atom. The van der Waals surface area contributed by atoms with Crippen molar-refractivity contribution in [3.8, 4) is 11.1 Å². The van der Waals surface area contributed by atoms with Gasteiger partial charge in [0.2, 0.25) is 6.41 Å². The molecule has 1 amide bonds. The van der Waals surface area contributed by atoms with Crippen molar-refractivity contribution in [2.45, 2.75) is 6.18 Å². The lowest BCUT2D eigenvalue weighted by atomic mass is 10.0. The number of alkyl halides is 3. The number of halogens is 3. The Bertz CT molecular complexity index is 1020. The van der Waals surface area contributed by atoms with Crippen LogP contribution in [0.15, 0.2) is 60.8 Å². The van der Waals surface area contributed by atoms with E-state index in [0.29, 0.717) is 28.9 Å². The molecule has 1 N–H and O–H groups in total. The summed E-state index contributed by atoms with van der Waals surface area (Å²) >= 11 is 0. The minimum absolute atomic E-state index is 0.00568. The molecule has 1 heterocycles. The van der Waals surface area contributed by atoms with Crippen LogP contribution in [0.25, 0.3) is 11.1 Å². The predicted molar refractivity (Wildman–Crippen MR) is 97.5 cm³/mol. The van der Waals surface area contributed by atoms with Crippen LogP contribution in [0.5, 0.6) is 0 Å². The number of amides is 1. The van der Waals surface area contributed by atoms with E-state index >= 15 is 0 Å². The predicted octanol–water partition coefficient (Wildman–Crippen LogP) is 4.70. The molecule has 0 saturated carbocycles. The Balaban J connectivity index is 2.07. The first-order chi connectivity index (χ1) is 13.2. The number of carboxylic acid groups (broad SMARTS) is 1. The van der Waals surface area contributed by atoms with Crippen LogP contribution < -0.4 is 4.90 Å². The van der Waals surface area contributed by atoms with Crippen molar-refractivity contribution in [1.82, 2.24) is 4.57 Å². The van der Waals surface area contributed by atoms with Crippen LogP contribution in [0.3, 0.4) is 0 Å². The third-order valence-corrected chi connectivity index (χ3v) is 4.28. The largest absolute Gasteiger partial charge is 0.477 e.